The summed E-state index contributed by atoms with van der Waals surface area (Å²) < 4.78 is 0. The van der Waals surface area contributed by atoms with Crippen LogP contribution in [-0.4, -0.2) is 11.2 Å². The van der Waals surface area contributed by atoms with E-state index in [2.05, 4.69) is 5.92 Å². The molecule has 0 aromatic carbocycles. The van der Waals surface area contributed by atoms with Gasteiger partial charge >= 0.3 is 0 Å². The van der Waals surface area contributed by atoms with Crippen LogP contribution < -0.4 is 0 Å². The minimum Gasteiger partial charge on any atom is -0.393 e. The zero-order chi connectivity index (χ0) is 8.97. The molecule has 1 saturated carbocycles. The molecule has 12 heavy (non-hydrogen) atoms. The average molecular weight is 164 g/mol. The number of rotatable bonds is 2. The Morgan fingerprint density at radius 2 is 2.33 bits per heavy atom. The Hall–Kier alpha value is -0.740. The Labute approximate surface area is 74.5 Å². The SMILES string of the molecule is C#CC(/C=C/C)[C@@H]1CCC[C@@H]1O. The molecule has 1 unspecified atom stereocenters. The molecule has 0 heterocycles. The molecule has 0 aromatic heterocycles. The quantitative estimate of drug-likeness (QED) is 0.488. The normalized spacial score (nSPS) is 32.1. The number of aliphatic hydroxyl groups is 1. The molecule has 1 aliphatic rings. The predicted octanol–water partition coefficient (Wildman–Crippen LogP) is 1.97. The standard InChI is InChI=1S/C11H16O/c1-3-6-9(4-2)10-7-5-8-11(10)12/h2-3,6,9-12H,5,7-8H2,1H3/b6-3+/t9?,10-,11-/m0/s1. The van der Waals surface area contributed by atoms with Crippen LogP contribution in [0.5, 0.6) is 0 Å². The van der Waals surface area contributed by atoms with Crippen molar-refractivity contribution in [2.45, 2.75) is 32.3 Å². The van der Waals surface area contributed by atoms with Crippen molar-refractivity contribution in [1.29, 1.82) is 0 Å². The molecule has 0 aliphatic heterocycles. The molecule has 0 radical (unpaired) electrons. The number of allylic oxidation sites excluding steroid dienone is 2. The number of aliphatic hydroxyl groups excluding tert-OH is 1. The van der Waals surface area contributed by atoms with Gasteiger partial charge < -0.3 is 5.11 Å². The van der Waals surface area contributed by atoms with Crippen molar-refractivity contribution in [3.05, 3.63) is 12.2 Å². The lowest BCUT2D eigenvalue weighted by Crippen LogP contribution is -2.20. The summed E-state index contributed by atoms with van der Waals surface area (Å²) in [6.07, 6.45) is 12.3. The van der Waals surface area contributed by atoms with Crippen molar-refractivity contribution >= 4 is 0 Å². The van der Waals surface area contributed by atoms with Gasteiger partial charge in [-0.2, -0.15) is 0 Å². The van der Waals surface area contributed by atoms with Gasteiger partial charge in [0, 0.05) is 11.8 Å². The Balaban J connectivity index is 2.60. The lowest BCUT2D eigenvalue weighted by atomic mass is 9.89. The second-order valence-corrected chi connectivity index (χ2v) is 3.38. The fraction of sp³-hybridized carbons (Fsp3) is 0.636. The van der Waals surface area contributed by atoms with Gasteiger partial charge in [-0.05, 0) is 19.8 Å². The van der Waals surface area contributed by atoms with Gasteiger partial charge in [0.05, 0.1) is 6.10 Å². The van der Waals surface area contributed by atoms with Crippen LogP contribution in [-0.2, 0) is 0 Å². The van der Waals surface area contributed by atoms with Gasteiger partial charge in [-0.15, -0.1) is 6.42 Å². The number of terminal acetylenes is 1. The van der Waals surface area contributed by atoms with Crippen molar-refractivity contribution in [3.8, 4) is 12.3 Å². The smallest absolute Gasteiger partial charge is 0.0583 e. The van der Waals surface area contributed by atoms with E-state index in [1.807, 2.05) is 19.1 Å². The van der Waals surface area contributed by atoms with Gasteiger partial charge in [0.15, 0.2) is 0 Å². The summed E-state index contributed by atoms with van der Waals surface area (Å²) in [6.45, 7) is 1.96. The average Bonchev–Trinajstić information content (AvgIpc) is 2.47. The molecule has 3 atom stereocenters. The number of hydrogen-bond acceptors (Lipinski definition) is 1. The highest BCUT2D eigenvalue weighted by atomic mass is 16.3. The van der Waals surface area contributed by atoms with Crippen molar-refractivity contribution < 1.29 is 5.11 Å². The molecule has 66 valence electrons. The summed E-state index contributed by atoms with van der Waals surface area (Å²) in [5.74, 6) is 3.16. The summed E-state index contributed by atoms with van der Waals surface area (Å²) in [5.41, 5.74) is 0. The van der Waals surface area contributed by atoms with Crippen molar-refractivity contribution in [2.75, 3.05) is 0 Å². The fourth-order valence-electron chi connectivity index (χ4n) is 1.92. The van der Waals surface area contributed by atoms with Gasteiger partial charge in [0.2, 0.25) is 0 Å². The summed E-state index contributed by atoms with van der Waals surface area (Å²) in [4.78, 5) is 0. The first-order valence-corrected chi connectivity index (χ1v) is 4.56. The van der Waals surface area contributed by atoms with Gasteiger partial charge in [-0.25, -0.2) is 0 Å². The third kappa shape index (κ3) is 1.89. The zero-order valence-electron chi connectivity index (χ0n) is 7.53. The van der Waals surface area contributed by atoms with E-state index in [0.29, 0.717) is 5.92 Å². The molecule has 0 aromatic rings. The summed E-state index contributed by atoms with van der Waals surface area (Å²) in [7, 11) is 0. The van der Waals surface area contributed by atoms with Gasteiger partial charge in [0.1, 0.15) is 0 Å². The highest BCUT2D eigenvalue weighted by molar-refractivity contribution is 5.09. The van der Waals surface area contributed by atoms with Crippen molar-refractivity contribution in [2.24, 2.45) is 11.8 Å². The molecule has 0 spiro atoms. The monoisotopic (exact) mass is 164 g/mol. The Kier molecular flexibility index (Phi) is 3.37. The second kappa shape index (κ2) is 4.33. The largest absolute Gasteiger partial charge is 0.393 e. The maximum absolute atomic E-state index is 9.59. The Morgan fingerprint density at radius 1 is 1.58 bits per heavy atom. The van der Waals surface area contributed by atoms with Crippen LogP contribution in [0.4, 0.5) is 0 Å². The molecule has 0 saturated heterocycles. The van der Waals surface area contributed by atoms with Crippen LogP contribution in [0.3, 0.4) is 0 Å². The second-order valence-electron chi connectivity index (χ2n) is 3.38. The third-order valence-corrected chi connectivity index (χ3v) is 2.59. The molecule has 1 aliphatic carbocycles. The van der Waals surface area contributed by atoms with E-state index in [-0.39, 0.29) is 12.0 Å². The highest BCUT2D eigenvalue weighted by Gasteiger charge is 2.29. The Morgan fingerprint density at radius 3 is 2.75 bits per heavy atom. The third-order valence-electron chi connectivity index (χ3n) is 2.59. The minimum absolute atomic E-state index is 0.132. The van der Waals surface area contributed by atoms with Crippen molar-refractivity contribution in [1.82, 2.24) is 0 Å². The first-order valence-electron chi connectivity index (χ1n) is 4.56. The van der Waals surface area contributed by atoms with E-state index in [0.717, 1.165) is 19.3 Å². The minimum atomic E-state index is -0.178. The van der Waals surface area contributed by atoms with Crippen LogP contribution in [0, 0.1) is 24.2 Å². The summed E-state index contributed by atoms with van der Waals surface area (Å²) >= 11 is 0. The van der Waals surface area contributed by atoms with E-state index in [1.165, 1.54) is 0 Å². The predicted molar refractivity (Wildman–Crippen MR) is 50.5 cm³/mol. The van der Waals surface area contributed by atoms with Crippen LogP contribution in [0.2, 0.25) is 0 Å². The first kappa shape index (κ1) is 9.35. The molecule has 0 amide bonds. The maximum atomic E-state index is 9.59. The number of hydrogen-bond donors (Lipinski definition) is 1. The summed E-state index contributed by atoms with van der Waals surface area (Å²) in [5, 5.41) is 9.59. The van der Waals surface area contributed by atoms with Crippen molar-refractivity contribution in [3.63, 3.8) is 0 Å². The molecule has 0 bridgehead atoms. The Bertz CT molecular complexity index is 200. The topological polar surface area (TPSA) is 20.2 Å². The van der Waals surface area contributed by atoms with Gasteiger partial charge in [0.25, 0.3) is 0 Å². The fourth-order valence-corrected chi connectivity index (χ4v) is 1.92. The first-order chi connectivity index (χ1) is 5.79. The van der Waals surface area contributed by atoms with Crippen LogP contribution in [0.25, 0.3) is 0 Å². The maximum Gasteiger partial charge on any atom is 0.0583 e. The molecule has 1 N–H and O–H groups in total. The molecule has 1 heteroatoms. The van der Waals surface area contributed by atoms with Crippen LogP contribution in [0.1, 0.15) is 26.2 Å². The van der Waals surface area contributed by atoms with E-state index in [1.54, 1.807) is 0 Å². The lowest BCUT2D eigenvalue weighted by Gasteiger charge is -2.18. The zero-order valence-corrected chi connectivity index (χ0v) is 7.53. The highest BCUT2D eigenvalue weighted by Crippen LogP contribution is 2.32. The molecule has 1 rings (SSSR count). The van der Waals surface area contributed by atoms with Gasteiger partial charge in [-0.1, -0.05) is 24.5 Å². The van der Waals surface area contributed by atoms with Crippen LogP contribution in [0.15, 0.2) is 12.2 Å². The van der Waals surface area contributed by atoms with E-state index < -0.39 is 0 Å². The molecule has 1 nitrogen and oxygen atoms in total. The lowest BCUT2D eigenvalue weighted by molar-refractivity contribution is 0.122. The molecular weight excluding hydrogens is 148 g/mol. The van der Waals surface area contributed by atoms with E-state index in [9.17, 15) is 5.11 Å². The van der Waals surface area contributed by atoms with Crippen LogP contribution >= 0.6 is 0 Å². The molecule has 1 fully saturated rings. The summed E-state index contributed by atoms with van der Waals surface area (Å²) in [6, 6.07) is 0. The van der Waals surface area contributed by atoms with Gasteiger partial charge in [-0.3, -0.25) is 0 Å². The van der Waals surface area contributed by atoms with E-state index in [4.69, 9.17) is 6.42 Å². The molecular formula is C11H16O. The van der Waals surface area contributed by atoms with E-state index >= 15 is 0 Å².